The van der Waals surface area contributed by atoms with Crippen LogP contribution in [0.15, 0.2) is 24.3 Å². The first-order chi connectivity index (χ1) is 8.56. The van der Waals surface area contributed by atoms with Crippen molar-refractivity contribution in [3.63, 3.8) is 0 Å². The summed E-state index contributed by atoms with van der Waals surface area (Å²) in [7, 11) is 0. The zero-order valence-electron chi connectivity index (χ0n) is 13.7. The third-order valence-electron chi connectivity index (χ3n) is 3.62. The summed E-state index contributed by atoms with van der Waals surface area (Å²) in [5.41, 5.74) is 1.45. The van der Waals surface area contributed by atoms with Crippen molar-refractivity contribution in [2.75, 3.05) is 0 Å². The molecule has 107 valence electrons. The normalized spacial score (nSPS) is 11.6. The minimum atomic E-state index is 0. The van der Waals surface area contributed by atoms with E-state index in [-0.39, 0.29) is 32.7 Å². The molecular weight excluding hydrogens is 305 g/mol. The largest absolute Gasteiger partial charge is 0.317 e. The molecule has 1 unspecified atom stereocenters. The number of hydrogen-bond acceptors (Lipinski definition) is 0. The Labute approximate surface area is 146 Å². The molecule has 0 N–H and O–H groups in total. The van der Waals surface area contributed by atoms with Crippen molar-refractivity contribution in [3.8, 4) is 0 Å². The third kappa shape index (κ3) is 9.80. The van der Waals surface area contributed by atoms with Crippen LogP contribution in [0.25, 0.3) is 0 Å². The molecule has 0 nitrogen and oxygen atoms in total. The molecule has 0 spiro atoms. The molecule has 0 aliphatic rings. The van der Waals surface area contributed by atoms with E-state index in [2.05, 4.69) is 59.7 Å². The van der Waals surface area contributed by atoms with Gasteiger partial charge in [0.1, 0.15) is 0 Å². The van der Waals surface area contributed by atoms with Crippen molar-refractivity contribution < 1.29 is 32.7 Å². The minimum absolute atomic E-state index is 0. The predicted molar refractivity (Wildman–Crippen MR) is 82.6 cm³/mol. The van der Waals surface area contributed by atoms with E-state index >= 15 is 0 Å². The first-order valence-electron chi connectivity index (χ1n) is 7.33. The molecule has 0 aliphatic heterocycles. The first kappa shape index (κ1) is 21.6. The van der Waals surface area contributed by atoms with Crippen molar-refractivity contribution >= 4 is 0 Å². The van der Waals surface area contributed by atoms with Crippen molar-refractivity contribution in [2.45, 2.75) is 66.7 Å². The molecule has 19 heavy (non-hydrogen) atoms. The van der Waals surface area contributed by atoms with Crippen molar-refractivity contribution in [2.24, 2.45) is 5.92 Å². The average Bonchev–Trinajstić information content (AvgIpc) is 2.40. The van der Waals surface area contributed by atoms with Crippen molar-refractivity contribution in [1.82, 2.24) is 0 Å². The second-order valence-electron chi connectivity index (χ2n) is 5.26. The number of benzene rings is 1. The molecule has 0 fully saturated rings. The van der Waals surface area contributed by atoms with E-state index in [9.17, 15) is 0 Å². The van der Waals surface area contributed by atoms with Gasteiger partial charge in [0.25, 0.3) is 0 Å². The van der Waals surface area contributed by atoms with E-state index in [1.807, 2.05) is 12.1 Å². The summed E-state index contributed by atoms with van der Waals surface area (Å²) in [6.45, 7) is 13.4. The fraction of sp³-hybridized carbons (Fsp3) is 0.611. The van der Waals surface area contributed by atoms with Gasteiger partial charge in [-0.3, -0.25) is 0 Å². The van der Waals surface area contributed by atoms with E-state index in [0.29, 0.717) is 5.92 Å². The average molecular weight is 335 g/mol. The fourth-order valence-electron chi connectivity index (χ4n) is 1.99. The van der Waals surface area contributed by atoms with Gasteiger partial charge in [0, 0.05) is 32.7 Å². The summed E-state index contributed by atoms with van der Waals surface area (Å²) in [6, 6.07) is 11.4. The number of hydrogen-bond donors (Lipinski definition) is 0. The Morgan fingerprint density at radius 2 is 1.53 bits per heavy atom. The van der Waals surface area contributed by atoms with Gasteiger partial charge in [-0.1, -0.05) is 41.0 Å². The molecule has 0 aromatic heterocycles. The van der Waals surface area contributed by atoms with Gasteiger partial charge in [0.15, 0.2) is 0 Å². The Morgan fingerprint density at radius 1 is 1.05 bits per heavy atom. The predicted octanol–water partition coefficient (Wildman–Crippen LogP) is 6.03. The molecule has 1 rings (SSSR count). The molecule has 1 aromatic rings. The molecule has 0 bridgehead atoms. The van der Waals surface area contributed by atoms with Crippen LogP contribution in [0.2, 0.25) is 0 Å². The maximum absolute atomic E-state index is 3.05. The monoisotopic (exact) mass is 335 g/mol. The fourth-order valence-corrected chi connectivity index (χ4v) is 1.99. The van der Waals surface area contributed by atoms with Crippen LogP contribution in [0.3, 0.4) is 0 Å². The van der Waals surface area contributed by atoms with Crippen LogP contribution in [0, 0.1) is 17.9 Å². The standard InChI is InChI=1S/C12H17.C6H13.Y/c1-4-12(10(2)3)11-8-6-5-7-9-11;1-4-6(3)5-2;/h6-10,12H,4H2,1-3H3;4-5H2,1-3H3;/q2*-1;. The molecule has 0 saturated heterocycles. The van der Waals surface area contributed by atoms with Gasteiger partial charge < -0.3 is 5.92 Å². The summed E-state index contributed by atoms with van der Waals surface area (Å²) in [5.74, 6) is 3.03. The second kappa shape index (κ2) is 13.3. The van der Waals surface area contributed by atoms with Crippen LogP contribution in [0.4, 0.5) is 0 Å². The second-order valence-corrected chi connectivity index (χ2v) is 5.26. The van der Waals surface area contributed by atoms with Gasteiger partial charge in [-0.2, -0.15) is 55.7 Å². The van der Waals surface area contributed by atoms with Crippen LogP contribution in [0.5, 0.6) is 0 Å². The van der Waals surface area contributed by atoms with E-state index in [1.54, 1.807) is 5.92 Å². The van der Waals surface area contributed by atoms with Gasteiger partial charge in [-0.05, 0) is 11.8 Å². The van der Waals surface area contributed by atoms with Crippen LogP contribution < -0.4 is 0 Å². The summed E-state index contributed by atoms with van der Waals surface area (Å²) in [6.07, 6.45) is 3.72. The SMILES string of the molecule is CCC(c1cc[c-]cc1)C(C)C.CC[C-](C)CC.[Y]. The molecule has 1 heteroatoms. The van der Waals surface area contributed by atoms with Crippen LogP contribution in [0.1, 0.15) is 72.3 Å². The summed E-state index contributed by atoms with van der Waals surface area (Å²) in [4.78, 5) is 0. The molecule has 1 aromatic carbocycles. The van der Waals surface area contributed by atoms with Crippen LogP contribution in [-0.2, 0) is 32.7 Å². The quantitative estimate of drug-likeness (QED) is 0.576. The summed E-state index contributed by atoms with van der Waals surface area (Å²) in [5, 5.41) is 0. The molecular formula is C18H30Y-2. The van der Waals surface area contributed by atoms with Crippen LogP contribution >= 0.6 is 0 Å². The Balaban J connectivity index is 0. The Morgan fingerprint density at radius 3 is 1.79 bits per heavy atom. The molecule has 0 heterocycles. The smallest absolute Gasteiger partial charge is 0 e. The number of rotatable bonds is 5. The third-order valence-corrected chi connectivity index (χ3v) is 3.62. The summed E-state index contributed by atoms with van der Waals surface area (Å²) >= 11 is 0. The Bertz CT molecular complexity index is 275. The molecule has 0 aliphatic carbocycles. The van der Waals surface area contributed by atoms with Gasteiger partial charge in [0.2, 0.25) is 0 Å². The Kier molecular flexibility index (Phi) is 15.1. The van der Waals surface area contributed by atoms with E-state index in [1.165, 1.54) is 24.8 Å². The minimum Gasteiger partial charge on any atom is -0.317 e. The molecule has 1 atom stereocenters. The summed E-state index contributed by atoms with van der Waals surface area (Å²) < 4.78 is 0. The first-order valence-corrected chi connectivity index (χ1v) is 7.33. The van der Waals surface area contributed by atoms with Gasteiger partial charge in [-0.25, -0.2) is 0 Å². The van der Waals surface area contributed by atoms with Crippen LogP contribution in [-0.4, -0.2) is 0 Å². The maximum Gasteiger partial charge on any atom is 0 e. The van der Waals surface area contributed by atoms with E-state index in [0.717, 1.165) is 5.92 Å². The van der Waals surface area contributed by atoms with Gasteiger partial charge in [0.05, 0.1) is 0 Å². The molecule has 0 amide bonds. The zero-order chi connectivity index (χ0) is 14.0. The van der Waals surface area contributed by atoms with Crippen molar-refractivity contribution in [3.05, 3.63) is 41.8 Å². The maximum atomic E-state index is 3.05. The van der Waals surface area contributed by atoms with Gasteiger partial charge >= 0.3 is 0 Å². The molecule has 0 saturated carbocycles. The van der Waals surface area contributed by atoms with Gasteiger partial charge in [-0.15, -0.1) is 0 Å². The zero-order valence-corrected chi connectivity index (χ0v) is 16.5. The van der Waals surface area contributed by atoms with E-state index in [4.69, 9.17) is 0 Å². The Hall–Kier alpha value is 0.324. The molecule has 1 radical (unpaired) electrons. The van der Waals surface area contributed by atoms with E-state index < -0.39 is 0 Å². The topological polar surface area (TPSA) is 0 Å². The van der Waals surface area contributed by atoms with Crippen molar-refractivity contribution in [1.29, 1.82) is 0 Å².